The summed E-state index contributed by atoms with van der Waals surface area (Å²) in [6.45, 7) is 2.99. The molecule has 3 aromatic rings. The molecule has 1 unspecified atom stereocenters. The van der Waals surface area contributed by atoms with Gasteiger partial charge in [0.15, 0.2) is 0 Å². The molecule has 154 valence electrons. The molecule has 2 aliphatic rings. The highest BCUT2D eigenvalue weighted by molar-refractivity contribution is 5.97. The minimum atomic E-state index is -0.499. The largest absolute Gasteiger partial charge is 0.383 e. The van der Waals surface area contributed by atoms with Gasteiger partial charge < -0.3 is 19.5 Å². The first kappa shape index (κ1) is 18.9. The number of methoxy groups -OCH3 is 1. The van der Waals surface area contributed by atoms with Gasteiger partial charge in [-0.2, -0.15) is 0 Å². The summed E-state index contributed by atoms with van der Waals surface area (Å²) in [6, 6.07) is 15.6. The van der Waals surface area contributed by atoms with Crippen molar-refractivity contribution in [1.29, 1.82) is 0 Å². The first-order valence-electron chi connectivity index (χ1n) is 10.3. The number of rotatable bonds is 4. The van der Waals surface area contributed by atoms with E-state index < -0.39 is 6.04 Å². The summed E-state index contributed by atoms with van der Waals surface area (Å²) in [6.07, 6.45) is 0.524. The third-order valence-electron chi connectivity index (χ3n) is 6.30. The van der Waals surface area contributed by atoms with Crippen LogP contribution in [0.25, 0.3) is 10.9 Å². The predicted octanol–water partition coefficient (Wildman–Crippen LogP) is 2.81. The fraction of sp³-hybridized carbons (Fsp3) is 0.333. The molecule has 0 saturated carbocycles. The van der Waals surface area contributed by atoms with Gasteiger partial charge in [-0.3, -0.25) is 9.59 Å². The number of H-pyrrole nitrogens is 1. The van der Waals surface area contributed by atoms with E-state index in [1.807, 2.05) is 25.1 Å². The second kappa shape index (κ2) is 7.29. The number of hydrogen-bond acceptors (Lipinski definition) is 3. The molecule has 1 aromatic heterocycles. The third-order valence-corrected chi connectivity index (χ3v) is 6.30. The summed E-state index contributed by atoms with van der Waals surface area (Å²) in [4.78, 5) is 33.7. The Morgan fingerprint density at radius 3 is 2.63 bits per heavy atom. The first-order valence-corrected chi connectivity index (χ1v) is 10.3. The van der Waals surface area contributed by atoms with Gasteiger partial charge in [0.1, 0.15) is 6.04 Å². The number of carbonyl (C=O) groups is 2. The lowest BCUT2D eigenvalue weighted by Crippen LogP contribution is -2.63. The summed E-state index contributed by atoms with van der Waals surface area (Å²) in [7, 11) is 1.61. The van der Waals surface area contributed by atoms with Crippen molar-refractivity contribution in [3.05, 3.63) is 70.9 Å². The van der Waals surface area contributed by atoms with E-state index in [-0.39, 0.29) is 24.4 Å². The van der Waals surface area contributed by atoms with Crippen molar-refractivity contribution < 1.29 is 14.3 Å². The van der Waals surface area contributed by atoms with Gasteiger partial charge >= 0.3 is 0 Å². The van der Waals surface area contributed by atoms with Crippen LogP contribution in [0.4, 0.5) is 0 Å². The second-order valence-electron chi connectivity index (χ2n) is 8.15. The number of piperazine rings is 1. The zero-order valence-corrected chi connectivity index (χ0v) is 17.2. The Morgan fingerprint density at radius 1 is 1.10 bits per heavy atom. The fourth-order valence-electron chi connectivity index (χ4n) is 4.81. The van der Waals surface area contributed by atoms with Crippen LogP contribution in [0.5, 0.6) is 0 Å². The number of hydrogen-bond donors (Lipinski definition) is 1. The fourth-order valence-corrected chi connectivity index (χ4v) is 4.81. The quantitative estimate of drug-likeness (QED) is 0.729. The Balaban J connectivity index is 1.66. The summed E-state index contributed by atoms with van der Waals surface area (Å²) in [5, 5.41) is 1.12. The molecule has 1 N–H and O–H groups in total. The summed E-state index contributed by atoms with van der Waals surface area (Å²) >= 11 is 0. The highest BCUT2D eigenvalue weighted by Gasteiger charge is 2.48. The molecule has 0 aliphatic carbocycles. The lowest BCUT2D eigenvalue weighted by atomic mass is 9.86. The SMILES string of the molecule is COCCN1CC(=O)N2C(Cc3c([nH]c4ccccc34)[C@H]2c2ccc(C)cc2)C1=O. The average molecular weight is 403 g/mol. The van der Waals surface area contributed by atoms with Crippen molar-refractivity contribution in [3.63, 3.8) is 0 Å². The number of para-hydroxylation sites is 1. The van der Waals surface area contributed by atoms with Gasteiger partial charge in [-0.05, 0) is 24.1 Å². The highest BCUT2D eigenvalue weighted by atomic mass is 16.5. The number of benzene rings is 2. The minimum Gasteiger partial charge on any atom is -0.383 e. The van der Waals surface area contributed by atoms with Gasteiger partial charge in [0, 0.05) is 36.7 Å². The van der Waals surface area contributed by atoms with Crippen LogP contribution in [0.2, 0.25) is 0 Å². The van der Waals surface area contributed by atoms with Crippen molar-refractivity contribution >= 4 is 22.7 Å². The van der Waals surface area contributed by atoms with Gasteiger partial charge in [-0.25, -0.2) is 0 Å². The van der Waals surface area contributed by atoms with Gasteiger partial charge in [0.25, 0.3) is 0 Å². The number of carbonyl (C=O) groups excluding carboxylic acids is 2. The van der Waals surface area contributed by atoms with E-state index in [9.17, 15) is 9.59 Å². The van der Waals surface area contributed by atoms with Crippen LogP contribution < -0.4 is 0 Å². The normalized spacial score (nSPS) is 21.1. The van der Waals surface area contributed by atoms with Crippen molar-refractivity contribution in [2.75, 3.05) is 26.8 Å². The van der Waals surface area contributed by atoms with Crippen molar-refractivity contribution in [2.45, 2.75) is 25.4 Å². The van der Waals surface area contributed by atoms with E-state index in [2.05, 4.69) is 35.3 Å². The van der Waals surface area contributed by atoms with Crippen LogP contribution in [0.1, 0.15) is 28.4 Å². The number of nitrogens with zero attached hydrogens (tertiary/aromatic N) is 2. The van der Waals surface area contributed by atoms with Crippen LogP contribution in [0, 0.1) is 6.92 Å². The number of aromatic amines is 1. The molecule has 0 radical (unpaired) electrons. The van der Waals surface area contributed by atoms with Gasteiger partial charge in [0.2, 0.25) is 11.8 Å². The predicted molar refractivity (Wildman–Crippen MR) is 114 cm³/mol. The number of ether oxygens (including phenoxy) is 1. The standard InChI is InChI=1S/C24H25N3O3/c1-15-7-9-16(10-8-15)23-22-18(17-5-3-4-6-19(17)25-22)13-20-24(29)26(11-12-30-2)14-21(28)27(20)23/h3-10,20,23,25H,11-14H2,1-2H3/t20?,23-/m1/s1. The van der Waals surface area contributed by atoms with Crippen LogP contribution in [0.3, 0.4) is 0 Å². The Morgan fingerprint density at radius 2 is 1.87 bits per heavy atom. The van der Waals surface area contributed by atoms with Gasteiger partial charge in [-0.1, -0.05) is 48.0 Å². The van der Waals surface area contributed by atoms with E-state index >= 15 is 0 Å². The number of aromatic nitrogens is 1. The van der Waals surface area contributed by atoms with Gasteiger partial charge in [-0.15, -0.1) is 0 Å². The molecule has 0 bridgehead atoms. The molecule has 30 heavy (non-hydrogen) atoms. The van der Waals surface area contributed by atoms with Crippen molar-refractivity contribution in [2.24, 2.45) is 0 Å². The number of nitrogens with one attached hydrogen (secondary N) is 1. The van der Waals surface area contributed by atoms with Crippen LogP contribution in [-0.2, 0) is 20.7 Å². The minimum absolute atomic E-state index is 0.000284. The molecule has 2 aliphatic heterocycles. The summed E-state index contributed by atoms with van der Waals surface area (Å²) in [5.74, 6) is -0.0229. The van der Waals surface area contributed by atoms with Crippen LogP contribution in [-0.4, -0.2) is 59.4 Å². The first-order chi connectivity index (χ1) is 14.6. The van der Waals surface area contributed by atoms with Crippen LogP contribution in [0.15, 0.2) is 48.5 Å². The average Bonchev–Trinajstić information content (AvgIpc) is 3.13. The molecule has 1 fully saturated rings. The Labute approximate surface area is 175 Å². The molecule has 3 heterocycles. The maximum Gasteiger partial charge on any atom is 0.246 e. The number of fused-ring (bicyclic) bond motifs is 4. The highest BCUT2D eigenvalue weighted by Crippen LogP contribution is 2.42. The topological polar surface area (TPSA) is 65.6 Å². The Hall–Kier alpha value is -3.12. The van der Waals surface area contributed by atoms with Crippen molar-refractivity contribution in [1.82, 2.24) is 14.8 Å². The molecule has 2 atom stereocenters. The lowest BCUT2D eigenvalue weighted by Gasteiger charge is -2.47. The number of amides is 2. The Kier molecular flexibility index (Phi) is 4.59. The zero-order valence-electron chi connectivity index (χ0n) is 17.2. The zero-order chi connectivity index (χ0) is 20.8. The summed E-state index contributed by atoms with van der Waals surface area (Å²) in [5.41, 5.74) is 5.37. The smallest absolute Gasteiger partial charge is 0.246 e. The van der Waals surface area contributed by atoms with E-state index in [1.165, 1.54) is 0 Å². The molecule has 1 saturated heterocycles. The van der Waals surface area contributed by atoms with Crippen molar-refractivity contribution in [3.8, 4) is 0 Å². The van der Waals surface area contributed by atoms with E-state index in [4.69, 9.17) is 4.74 Å². The molecular weight excluding hydrogens is 378 g/mol. The molecule has 6 heteroatoms. The third kappa shape index (κ3) is 2.91. The lowest BCUT2D eigenvalue weighted by molar-refractivity contribution is -0.159. The Bertz CT molecular complexity index is 1120. The second-order valence-corrected chi connectivity index (χ2v) is 8.15. The number of aryl methyl sites for hydroxylation is 1. The molecule has 5 rings (SSSR count). The van der Waals surface area contributed by atoms with Gasteiger partial charge in [0.05, 0.1) is 19.2 Å². The van der Waals surface area contributed by atoms with E-state index in [1.54, 1.807) is 16.9 Å². The molecule has 0 spiro atoms. The molecule has 2 amide bonds. The van der Waals surface area contributed by atoms with E-state index in [0.29, 0.717) is 19.6 Å². The van der Waals surface area contributed by atoms with E-state index in [0.717, 1.165) is 33.3 Å². The monoisotopic (exact) mass is 403 g/mol. The molecule has 6 nitrogen and oxygen atoms in total. The maximum absolute atomic E-state index is 13.4. The molecule has 2 aromatic carbocycles. The summed E-state index contributed by atoms with van der Waals surface area (Å²) < 4.78 is 5.14. The molecular formula is C24H25N3O3. The maximum atomic E-state index is 13.4. The van der Waals surface area contributed by atoms with Crippen LogP contribution >= 0.6 is 0 Å².